The lowest BCUT2D eigenvalue weighted by Gasteiger charge is -2.38. The van der Waals surface area contributed by atoms with Crippen LogP contribution in [0.1, 0.15) is 28.8 Å². The number of aliphatic hydroxyl groups is 1. The Morgan fingerprint density at radius 1 is 0.857 bits per heavy atom. The van der Waals surface area contributed by atoms with Crippen molar-refractivity contribution < 1.29 is 5.11 Å². The lowest BCUT2D eigenvalue weighted by Crippen LogP contribution is -2.41. The summed E-state index contributed by atoms with van der Waals surface area (Å²) < 4.78 is 2.28. The van der Waals surface area contributed by atoms with Gasteiger partial charge in [-0.1, -0.05) is 78.9 Å². The summed E-state index contributed by atoms with van der Waals surface area (Å²) in [5, 5.41) is 16.1. The topological polar surface area (TPSA) is 37.2 Å². The van der Waals surface area contributed by atoms with Crippen LogP contribution in [0.4, 0.5) is 0 Å². The lowest BCUT2D eigenvalue weighted by atomic mass is 9.82. The minimum atomic E-state index is -0.445. The van der Waals surface area contributed by atoms with E-state index < -0.39 is 6.10 Å². The molecule has 1 aliphatic heterocycles. The van der Waals surface area contributed by atoms with Gasteiger partial charge in [-0.25, -0.2) is 0 Å². The first-order valence-electron chi connectivity index (χ1n) is 9.90. The Morgan fingerprint density at radius 2 is 1.54 bits per heavy atom. The Morgan fingerprint density at radius 3 is 2.32 bits per heavy atom. The molecule has 140 valence electrons. The lowest BCUT2D eigenvalue weighted by molar-refractivity contribution is 0.0870. The predicted molar refractivity (Wildman–Crippen MR) is 113 cm³/mol. The summed E-state index contributed by atoms with van der Waals surface area (Å²) in [5.74, 6) is 0.0155. The van der Waals surface area contributed by atoms with Crippen LogP contribution < -0.4 is 5.32 Å². The number of benzene rings is 3. The largest absolute Gasteiger partial charge is 0.391 e. The second-order valence-corrected chi connectivity index (χ2v) is 7.59. The van der Waals surface area contributed by atoms with Crippen LogP contribution in [0.2, 0.25) is 0 Å². The van der Waals surface area contributed by atoms with Gasteiger partial charge in [-0.15, -0.1) is 0 Å². The van der Waals surface area contributed by atoms with E-state index in [0.29, 0.717) is 6.54 Å². The molecule has 2 N–H and O–H groups in total. The molecule has 4 aromatic rings. The van der Waals surface area contributed by atoms with Gasteiger partial charge in [0.2, 0.25) is 0 Å². The van der Waals surface area contributed by atoms with Crippen LogP contribution in [0.15, 0.2) is 91.0 Å². The van der Waals surface area contributed by atoms with Crippen LogP contribution >= 0.6 is 0 Å². The summed E-state index contributed by atoms with van der Waals surface area (Å²) in [6, 6.07) is 31.6. The highest BCUT2D eigenvalue weighted by molar-refractivity contribution is 5.81. The highest BCUT2D eigenvalue weighted by Crippen LogP contribution is 2.41. The Kier molecular flexibility index (Phi) is 4.47. The Labute approximate surface area is 165 Å². The molecule has 0 amide bonds. The standard InChI is InChI=1S/C25H24N2O/c28-23-17-27-21-14-8-7-13-20(21)15-22(27)25(24(23)19-11-5-2-6-12-19)26-16-18-9-3-1-4-10-18/h1-15,23-26,28H,16-17H2/t23-,24+,25+/m0/s1. The third-order valence-electron chi connectivity index (χ3n) is 5.86. The molecule has 2 heterocycles. The molecule has 3 nitrogen and oxygen atoms in total. The smallest absolute Gasteiger partial charge is 0.0806 e. The van der Waals surface area contributed by atoms with E-state index in [1.54, 1.807) is 0 Å². The number of fused-ring (bicyclic) bond motifs is 3. The third-order valence-corrected chi connectivity index (χ3v) is 5.86. The fourth-order valence-electron chi connectivity index (χ4n) is 4.54. The van der Waals surface area contributed by atoms with E-state index in [4.69, 9.17) is 0 Å². The number of para-hydroxylation sites is 1. The number of hydrogen-bond donors (Lipinski definition) is 2. The second kappa shape index (κ2) is 7.27. The van der Waals surface area contributed by atoms with Crippen molar-refractivity contribution in [3.05, 3.63) is 108 Å². The number of aliphatic hydroxyl groups excluding tert-OH is 1. The molecule has 3 atom stereocenters. The van der Waals surface area contributed by atoms with Crippen molar-refractivity contribution in [3.63, 3.8) is 0 Å². The highest BCUT2D eigenvalue weighted by Gasteiger charge is 2.37. The van der Waals surface area contributed by atoms with Gasteiger partial charge in [-0.3, -0.25) is 0 Å². The summed E-state index contributed by atoms with van der Waals surface area (Å²) in [6.07, 6.45) is -0.445. The van der Waals surface area contributed by atoms with Crippen molar-refractivity contribution in [3.8, 4) is 0 Å². The molecule has 0 unspecified atom stereocenters. The second-order valence-electron chi connectivity index (χ2n) is 7.59. The molecular formula is C25H24N2O. The zero-order valence-electron chi connectivity index (χ0n) is 15.7. The number of hydrogen-bond acceptors (Lipinski definition) is 2. The molecule has 28 heavy (non-hydrogen) atoms. The van der Waals surface area contributed by atoms with E-state index >= 15 is 0 Å². The quantitative estimate of drug-likeness (QED) is 0.551. The number of nitrogens with one attached hydrogen (secondary N) is 1. The zero-order valence-corrected chi connectivity index (χ0v) is 15.7. The van der Waals surface area contributed by atoms with E-state index in [-0.39, 0.29) is 12.0 Å². The van der Waals surface area contributed by atoms with Crippen LogP contribution in [-0.2, 0) is 13.1 Å². The molecule has 3 aromatic carbocycles. The molecule has 0 radical (unpaired) electrons. The molecule has 5 rings (SSSR count). The van der Waals surface area contributed by atoms with Gasteiger partial charge in [0.25, 0.3) is 0 Å². The van der Waals surface area contributed by atoms with Crippen molar-refractivity contribution in [2.24, 2.45) is 0 Å². The van der Waals surface area contributed by atoms with Crippen molar-refractivity contribution in [2.45, 2.75) is 31.2 Å². The van der Waals surface area contributed by atoms with Gasteiger partial charge in [0.15, 0.2) is 0 Å². The maximum absolute atomic E-state index is 11.2. The SMILES string of the molecule is O[C@H]1Cn2c(cc3ccccc32)[C@@H](NCc2ccccc2)[C@@H]1c1ccccc1. The highest BCUT2D eigenvalue weighted by atomic mass is 16.3. The Balaban J connectivity index is 1.58. The first-order chi connectivity index (χ1) is 13.8. The van der Waals surface area contributed by atoms with Crippen LogP contribution in [0.25, 0.3) is 10.9 Å². The number of aromatic nitrogens is 1. The molecule has 0 saturated carbocycles. The van der Waals surface area contributed by atoms with Crippen LogP contribution in [0, 0.1) is 0 Å². The molecule has 0 saturated heterocycles. The maximum Gasteiger partial charge on any atom is 0.0806 e. The summed E-state index contributed by atoms with van der Waals surface area (Å²) >= 11 is 0. The van der Waals surface area contributed by atoms with Gasteiger partial charge in [-0.05, 0) is 28.6 Å². The molecule has 0 aliphatic carbocycles. The molecule has 0 fully saturated rings. The van der Waals surface area contributed by atoms with Gasteiger partial charge in [0.1, 0.15) is 0 Å². The van der Waals surface area contributed by atoms with Crippen molar-refractivity contribution >= 4 is 10.9 Å². The number of nitrogens with zero attached hydrogens (tertiary/aromatic N) is 1. The monoisotopic (exact) mass is 368 g/mol. The van der Waals surface area contributed by atoms with Gasteiger partial charge in [-0.2, -0.15) is 0 Å². The summed E-state index contributed by atoms with van der Waals surface area (Å²) in [7, 11) is 0. The van der Waals surface area contributed by atoms with E-state index in [0.717, 1.165) is 6.54 Å². The molecule has 0 bridgehead atoms. The third kappa shape index (κ3) is 3.03. The van der Waals surface area contributed by atoms with Gasteiger partial charge < -0.3 is 15.0 Å². The molecule has 1 aliphatic rings. The first kappa shape index (κ1) is 17.2. The molecule has 3 heteroatoms. The summed E-state index contributed by atoms with van der Waals surface area (Å²) in [6.45, 7) is 1.38. The minimum absolute atomic E-state index is 0.0155. The average molecular weight is 368 g/mol. The van der Waals surface area contributed by atoms with Crippen molar-refractivity contribution in [1.82, 2.24) is 9.88 Å². The minimum Gasteiger partial charge on any atom is -0.391 e. The summed E-state index contributed by atoms with van der Waals surface area (Å²) in [4.78, 5) is 0. The first-order valence-corrected chi connectivity index (χ1v) is 9.90. The Hall–Kier alpha value is -2.88. The average Bonchev–Trinajstić information content (AvgIpc) is 3.11. The van der Waals surface area contributed by atoms with E-state index in [2.05, 4.69) is 88.7 Å². The van der Waals surface area contributed by atoms with E-state index in [1.165, 1.54) is 27.7 Å². The number of rotatable bonds is 4. The van der Waals surface area contributed by atoms with E-state index in [1.807, 2.05) is 12.1 Å². The Bertz CT molecular complexity index is 1070. The predicted octanol–water partition coefficient (Wildman–Crippen LogP) is 4.63. The summed E-state index contributed by atoms with van der Waals surface area (Å²) in [5.41, 5.74) is 4.86. The molecular weight excluding hydrogens is 344 g/mol. The van der Waals surface area contributed by atoms with Crippen molar-refractivity contribution in [2.75, 3.05) is 0 Å². The van der Waals surface area contributed by atoms with Crippen LogP contribution in [0.5, 0.6) is 0 Å². The normalized spacial score (nSPS) is 21.5. The van der Waals surface area contributed by atoms with Crippen LogP contribution in [0.3, 0.4) is 0 Å². The molecule has 0 spiro atoms. The van der Waals surface area contributed by atoms with Gasteiger partial charge >= 0.3 is 0 Å². The maximum atomic E-state index is 11.2. The fourth-order valence-corrected chi connectivity index (χ4v) is 4.54. The van der Waals surface area contributed by atoms with Gasteiger partial charge in [0, 0.05) is 30.2 Å². The zero-order chi connectivity index (χ0) is 18.9. The van der Waals surface area contributed by atoms with E-state index in [9.17, 15) is 5.11 Å². The van der Waals surface area contributed by atoms with Gasteiger partial charge in [0.05, 0.1) is 12.1 Å². The van der Waals surface area contributed by atoms with Crippen LogP contribution in [-0.4, -0.2) is 15.8 Å². The molecule has 1 aromatic heterocycles. The fraction of sp³-hybridized carbons (Fsp3) is 0.200. The van der Waals surface area contributed by atoms with Crippen molar-refractivity contribution in [1.29, 1.82) is 0 Å².